The molecular weight excluding hydrogens is 330 g/mol. The van der Waals surface area contributed by atoms with Crippen LogP contribution in [0.2, 0.25) is 0 Å². The van der Waals surface area contributed by atoms with Crippen LogP contribution >= 0.6 is 0 Å². The van der Waals surface area contributed by atoms with E-state index >= 15 is 0 Å². The third kappa shape index (κ3) is 3.50. The van der Waals surface area contributed by atoms with Gasteiger partial charge in [-0.3, -0.25) is 9.69 Å². The third-order valence-electron chi connectivity index (χ3n) is 5.26. The van der Waals surface area contributed by atoms with Crippen molar-refractivity contribution >= 4 is 5.91 Å². The number of amides is 1. The van der Waals surface area contributed by atoms with Crippen molar-refractivity contribution in [3.63, 3.8) is 0 Å². The topological polar surface area (TPSA) is 63.5 Å². The number of ether oxygens (including phenoxy) is 1. The summed E-state index contributed by atoms with van der Waals surface area (Å²) < 4.78 is 7.85. The normalized spacial score (nSPS) is 22.2. The molecule has 1 amide bonds. The highest BCUT2D eigenvalue weighted by molar-refractivity contribution is 5.78. The molecule has 2 aliphatic heterocycles. The summed E-state index contributed by atoms with van der Waals surface area (Å²) >= 11 is 0. The summed E-state index contributed by atoms with van der Waals surface area (Å²) in [6.45, 7) is 5.19. The van der Waals surface area contributed by atoms with E-state index in [0.29, 0.717) is 19.7 Å². The Kier molecular flexibility index (Phi) is 4.74. The molecule has 7 heteroatoms. The SMILES string of the molecule is Cc1ccc(CN(C)CC(=O)N2CC[C@H]3OCc4cnnn4[C@@H]3C2)cc1. The number of aromatic nitrogens is 3. The summed E-state index contributed by atoms with van der Waals surface area (Å²) in [5.74, 6) is 0.158. The second kappa shape index (κ2) is 7.17. The van der Waals surface area contributed by atoms with E-state index in [0.717, 1.165) is 25.2 Å². The summed E-state index contributed by atoms with van der Waals surface area (Å²) in [4.78, 5) is 16.8. The Bertz CT molecular complexity index is 772. The van der Waals surface area contributed by atoms with E-state index in [9.17, 15) is 4.79 Å². The predicted molar refractivity (Wildman–Crippen MR) is 96.3 cm³/mol. The summed E-state index contributed by atoms with van der Waals surface area (Å²) in [5.41, 5.74) is 3.45. The number of fused-ring (bicyclic) bond motifs is 3. The van der Waals surface area contributed by atoms with Gasteiger partial charge in [0.2, 0.25) is 5.91 Å². The number of likely N-dealkylation sites (tertiary alicyclic amines) is 1. The van der Waals surface area contributed by atoms with Gasteiger partial charge in [0.25, 0.3) is 0 Å². The molecule has 1 aromatic heterocycles. The average molecular weight is 355 g/mol. The summed E-state index contributed by atoms with van der Waals surface area (Å²) in [6, 6.07) is 8.52. The molecule has 138 valence electrons. The van der Waals surface area contributed by atoms with Crippen molar-refractivity contribution in [3.05, 3.63) is 47.3 Å². The molecular formula is C19H25N5O2. The summed E-state index contributed by atoms with van der Waals surface area (Å²) in [6.07, 6.45) is 2.71. The van der Waals surface area contributed by atoms with Crippen LogP contribution in [0.3, 0.4) is 0 Å². The first-order valence-electron chi connectivity index (χ1n) is 9.12. The molecule has 0 aliphatic carbocycles. The van der Waals surface area contributed by atoms with E-state index in [4.69, 9.17) is 4.74 Å². The monoisotopic (exact) mass is 355 g/mol. The quantitative estimate of drug-likeness (QED) is 0.829. The average Bonchev–Trinajstić information content (AvgIpc) is 3.12. The van der Waals surface area contributed by atoms with Crippen LogP contribution in [0, 0.1) is 6.92 Å². The van der Waals surface area contributed by atoms with Crippen molar-refractivity contribution in [2.45, 2.75) is 38.6 Å². The highest BCUT2D eigenvalue weighted by Gasteiger charge is 2.37. The van der Waals surface area contributed by atoms with Gasteiger partial charge >= 0.3 is 0 Å². The number of rotatable bonds is 4. The Hall–Kier alpha value is -2.25. The molecule has 2 aromatic rings. The maximum absolute atomic E-state index is 12.8. The predicted octanol–water partition coefficient (Wildman–Crippen LogP) is 1.39. The van der Waals surface area contributed by atoms with Gasteiger partial charge in [-0.05, 0) is 26.0 Å². The van der Waals surface area contributed by atoms with Crippen LogP contribution in [0.25, 0.3) is 0 Å². The minimum atomic E-state index is 0.0707. The molecule has 3 heterocycles. The molecule has 1 saturated heterocycles. The van der Waals surface area contributed by atoms with E-state index in [1.165, 1.54) is 11.1 Å². The summed E-state index contributed by atoms with van der Waals surface area (Å²) in [5, 5.41) is 8.18. The van der Waals surface area contributed by atoms with Gasteiger partial charge in [-0.1, -0.05) is 35.0 Å². The number of nitrogens with zero attached hydrogens (tertiary/aromatic N) is 5. The van der Waals surface area contributed by atoms with Crippen LogP contribution in [0.5, 0.6) is 0 Å². The summed E-state index contributed by atoms with van der Waals surface area (Å²) in [7, 11) is 1.99. The smallest absolute Gasteiger partial charge is 0.236 e. The zero-order valence-corrected chi connectivity index (χ0v) is 15.3. The fourth-order valence-corrected chi connectivity index (χ4v) is 3.80. The number of hydrogen-bond acceptors (Lipinski definition) is 5. The number of aryl methyl sites for hydroxylation is 1. The molecule has 1 fully saturated rings. The van der Waals surface area contributed by atoms with Crippen molar-refractivity contribution in [3.8, 4) is 0 Å². The molecule has 0 bridgehead atoms. The van der Waals surface area contributed by atoms with Gasteiger partial charge in [0.15, 0.2) is 0 Å². The lowest BCUT2D eigenvalue weighted by Gasteiger charge is -2.41. The number of carbonyl (C=O) groups is 1. The Balaban J connectivity index is 1.36. The number of carbonyl (C=O) groups excluding carboxylic acids is 1. The molecule has 1 aromatic carbocycles. The maximum Gasteiger partial charge on any atom is 0.236 e. The molecule has 2 atom stereocenters. The number of likely N-dealkylation sites (N-methyl/N-ethyl adjacent to an activating group) is 1. The molecule has 0 radical (unpaired) electrons. The van der Waals surface area contributed by atoms with E-state index in [1.807, 2.05) is 16.6 Å². The lowest BCUT2D eigenvalue weighted by Crippen LogP contribution is -2.51. The van der Waals surface area contributed by atoms with Gasteiger partial charge in [-0.25, -0.2) is 4.68 Å². The van der Waals surface area contributed by atoms with Crippen LogP contribution < -0.4 is 0 Å². The molecule has 0 spiro atoms. The van der Waals surface area contributed by atoms with E-state index in [2.05, 4.69) is 46.4 Å². The van der Waals surface area contributed by atoms with Gasteiger partial charge in [-0.15, -0.1) is 5.10 Å². The lowest BCUT2D eigenvalue weighted by atomic mass is 10.0. The molecule has 0 saturated carbocycles. The van der Waals surface area contributed by atoms with Gasteiger partial charge in [0, 0.05) is 19.6 Å². The fraction of sp³-hybridized carbons (Fsp3) is 0.526. The largest absolute Gasteiger partial charge is 0.370 e. The molecule has 4 rings (SSSR count). The second-order valence-corrected chi connectivity index (χ2v) is 7.37. The maximum atomic E-state index is 12.8. The van der Waals surface area contributed by atoms with E-state index in [-0.39, 0.29) is 18.1 Å². The number of piperidine rings is 1. The highest BCUT2D eigenvalue weighted by atomic mass is 16.5. The highest BCUT2D eigenvalue weighted by Crippen LogP contribution is 2.30. The minimum absolute atomic E-state index is 0.0707. The van der Waals surface area contributed by atoms with E-state index < -0.39 is 0 Å². The molecule has 0 unspecified atom stereocenters. The van der Waals surface area contributed by atoms with Crippen LogP contribution in [-0.2, 0) is 22.7 Å². The van der Waals surface area contributed by atoms with E-state index in [1.54, 1.807) is 6.20 Å². The van der Waals surface area contributed by atoms with Crippen LogP contribution in [0.4, 0.5) is 0 Å². The number of benzene rings is 1. The minimum Gasteiger partial charge on any atom is -0.370 e. The Morgan fingerprint density at radius 2 is 2.15 bits per heavy atom. The fourth-order valence-electron chi connectivity index (χ4n) is 3.80. The van der Waals surface area contributed by atoms with Crippen LogP contribution in [-0.4, -0.2) is 63.5 Å². The molecule has 26 heavy (non-hydrogen) atoms. The van der Waals surface area contributed by atoms with Crippen LogP contribution in [0.1, 0.15) is 29.3 Å². The first kappa shape index (κ1) is 17.2. The third-order valence-corrected chi connectivity index (χ3v) is 5.26. The lowest BCUT2D eigenvalue weighted by molar-refractivity contribution is -0.139. The Morgan fingerprint density at radius 1 is 1.35 bits per heavy atom. The first-order valence-corrected chi connectivity index (χ1v) is 9.12. The van der Waals surface area contributed by atoms with Crippen molar-refractivity contribution in [1.82, 2.24) is 24.8 Å². The van der Waals surface area contributed by atoms with Crippen molar-refractivity contribution in [2.24, 2.45) is 0 Å². The second-order valence-electron chi connectivity index (χ2n) is 7.37. The van der Waals surface area contributed by atoms with Crippen molar-refractivity contribution < 1.29 is 9.53 Å². The first-order chi connectivity index (χ1) is 12.6. The molecule has 2 aliphatic rings. The van der Waals surface area contributed by atoms with Crippen molar-refractivity contribution in [2.75, 3.05) is 26.7 Å². The molecule has 7 nitrogen and oxygen atoms in total. The zero-order valence-electron chi connectivity index (χ0n) is 15.3. The zero-order chi connectivity index (χ0) is 18.1. The van der Waals surface area contributed by atoms with Gasteiger partial charge in [0.1, 0.15) is 0 Å². The molecule has 0 N–H and O–H groups in total. The van der Waals surface area contributed by atoms with Crippen LogP contribution in [0.15, 0.2) is 30.5 Å². The Morgan fingerprint density at radius 3 is 2.96 bits per heavy atom. The standard InChI is InChI=1S/C19H25N5O2/c1-14-3-5-15(6-4-14)10-22(2)12-19(25)23-8-7-18-17(11-23)24-16(13-26-18)9-20-21-24/h3-6,9,17-18H,7-8,10-13H2,1-2H3/t17-,18-/m1/s1. The van der Waals surface area contributed by atoms with Crippen molar-refractivity contribution in [1.29, 1.82) is 0 Å². The van der Waals surface area contributed by atoms with Gasteiger partial charge < -0.3 is 9.64 Å². The number of hydrogen-bond donors (Lipinski definition) is 0. The van der Waals surface area contributed by atoms with Gasteiger partial charge in [0.05, 0.1) is 37.2 Å². The Labute approximate surface area is 153 Å². The van der Waals surface area contributed by atoms with Gasteiger partial charge in [-0.2, -0.15) is 0 Å².